The molecule has 2 aromatic carbocycles. The first-order chi connectivity index (χ1) is 20.9. The summed E-state index contributed by atoms with van der Waals surface area (Å²) in [6.07, 6.45) is 4.21. The van der Waals surface area contributed by atoms with E-state index in [1.54, 1.807) is 12.3 Å². The van der Waals surface area contributed by atoms with Crippen LogP contribution in [-0.2, 0) is 17.8 Å². The standard InChI is InChI=1S/C32H31F2N5O5/c1-15(2)8-24-28(30(35)41)27(21-12-36-39(31(21)37-24)16(3)18-5-6-18)19-10-20(32(42)43)29-25(11-19)44-14-26(40)38(29)13-17-4-7-22(33)23(34)9-17/h4,7,9-12,15-16,18H,5-6,8,13-14H2,1-3H3,(H2,35,41)(H,42,43). The maximum Gasteiger partial charge on any atom is 0.337 e. The summed E-state index contributed by atoms with van der Waals surface area (Å²) in [4.78, 5) is 44.8. The van der Waals surface area contributed by atoms with Crippen LogP contribution in [-0.4, -0.2) is 44.3 Å². The molecule has 3 heterocycles. The molecule has 0 bridgehead atoms. The second-order valence-electron chi connectivity index (χ2n) is 11.9. The fourth-order valence-corrected chi connectivity index (χ4v) is 5.92. The van der Waals surface area contributed by atoms with Crippen LogP contribution in [0.3, 0.4) is 0 Å². The Morgan fingerprint density at radius 3 is 2.52 bits per heavy atom. The van der Waals surface area contributed by atoms with Crippen molar-refractivity contribution in [1.82, 2.24) is 14.8 Å². The molecule has 2 amide bonds. The Hall–Kier alpha value is -4.87. The lowest BCUT2D eigenvalue weighted by Crippen LogP contribution is -2.39. The van der Waals surface area contributed by atoms with Gasteiger partial charge in [-0.15, -0.1) is 0 Å². The van der Waals surface area contributed by atoms with Gasteiger partial charge in [0.1, 0.15) is 11.4 Å². The molecule has 3 N–H and O–H groups in total. The molecule has 12 heteroatoms. The van der Waals surface area contributed by atoms with Gasteiger partial charge in [0.05, 0.1) is 35.6 Å². The third-order valence-electron chi connectivity index (χ3n) is 8.20. The fourth-order valence-electron chi connectivity index (χ4n) is 5.92. The van der Waals surface area contributed by atoms with Crippen LogP contribution in [0.2, 0.25) is 0 Å². The summed E-state index contributed by atoms with van der Waals surface area (Å²) < 4.78 is 35.1. The van der Waals surface area contributed by atoms with E-state index < -0.39 is 36.0 Å². The highest BCUT2D eigenvalue weighted by molar-refractivity contribution is 6.11. The monoisotopic (exact) mass is 603 g/mol. The molecule has 1 aliphatic carbocycles. The van der Waals surface area contributed by atoms with Crippen LogP contribution in [0.1, 0.15) is 71.6 Å². The van der Waals surface area contributed by atoms with Gasteiger partial charge in [0.2, 0.25) is 0 Å². The van der Waals surface area contributed by atoms with Crippen LogP contribution in [0.15, 0.2) is 36.5 Å². The Bertz CT molecular complexity index is 1850. The molecule has 1 fully saturated rings. The number of aromatic carboxylic acids is 1. The number of pyridine rings is 1. The summed E-state index contributed by atoms with van der Waals surface area (Å²) in [5.41, 5.74) is 7.81. The third-order valence-corrected chi connectivity index (χ3v) is 8.20. The van der Waals surface area contributed by atoms with Crippen molar-refractivity contribution in [3.05, 3.63) is 70.5 Å². The number of amides is 2. The van der Waals surface area contributed by atoms with E-state index in [0.29, 0.717) is 40.2 Å². The molecule has 1 aliphatic heterocycles. The number of carboxylic acid groups (broad SMARTS) is 1. The lowest BCUT2D eigenvalue weighted by atomic mass is 9.91. The summed E-state index contributed by atoms with van der Waals surface area (Å²) in [5.74, 6) is -4.11. The molecule has 4 aromatic rings. The quantitative estimate of drug-likeness (QED) is 0.266. The van der Waals surface area contributed by atoms with Gasteiger partial charge in [-0.3, -0.25) is 9.59 Å². The van der Waals surface area contributed by atoms with E-state index in [4.69, 9.17) is 15.5 Å². The third kappa shape index (κ3) is 5.14. The van der Waals surface area contributed by atoms with Crippen LogP contribution in [0, 0.1) is 23.5 Å². The summed E-state index contributed by atoms with van der Waals surface area (Å²) in [7, 11) is 0. The molecule has 6 rings (SSSR count). The first kappa shape index (κ1) is 29.2. The Balaban J connectivity index is 1.58. The van der Waals surface area contributed by atoms with Crippen LogP contribution in [0.25, 0.3) is 22.2 Å². The number of carboxylic acids is 1. The number of benzene rings is 2. The average molecular weight is 604 g/mol. The van der Waals surface area contributed by atoms with Gasteiger partial charge in [-0.05, 0) is 73.4 Å². The highest BCUT2D eigenvalue weighted by Gasteiger charge is 2.35. The molecule has 228 valence electrons. The molecule has 0 spiro atoms. The SMILES string of the molecule is CC(C)Cc1nc2c(cnn2C(C)C2CC2)c(-c2cc3c(c(C(=O)O)c2)N(Cc2ccc(F)c(F)c2)C(=O)CO3)c1C(N)=O. The minimum absolute atomic E-state index is 0.0337. The highest BCUT2D eigenvalue weighted by Crippen LogP contribution is 2.45. The predicted octanol–water partition coefficient (Wildman–Crippen LogP) is 5.27. The molecule has 2 aromatic heterocycles. The number of aromatic nitrogens is 3. The van der Waals surface area contributed by atoms with Crippen LogP contribution in [0.4, 0.5) is 14.5 Å². The van der Waals surface area contributed by atoms with Crippen LogP contribution >= 0.6 is 0 Å². The van der Waals surface area contributed by atoms with Crippen molar-refractivity contribution in [1.29, 1.82) is 0 Å². The van der Waals surface area contributed by atoms with Crippen molar-refractivity contribution >= 4 is 34.5 Å². The summed E-state index contributed by atoms with van der Waals surface area (Å²) in [6.45, 7) is 5.43. The van der Waals surface area contributed by atoms with E-state index >= 15 is 0 Å². The van der Waals surface area contributed by atoms with Gasteiger partial charge in [0, 0.05) is 10.9 Å². The van der Waals surface area contributed by atoms with Crippen molar-refractivity contribution in [3.8, 4) is 16.9 Å². The van der Waals surface area contributed by atoms with E-state index in [9.17, 15) is 28.3 Å². The lowest BCUT2D eigenvalue weighted by molar-refractivity contribution is -0.121. The summed E-state index contributed by atoms with van der Waals surface area (Å²) in [5, 5.41) is 15.5. The van der Waals surface area contributed by atoms with E-state index in [1.807, 2.05) is 18.5 Å². The number of fused-ring (bicyclic) bond motifs is 2. The number of nitrogens with two attached hydrogens (primary N) is 1. The van der Waals surface area contributed by atoms with Crippen molar-refractivity contribution in [2.75, 3.05) is 11.5 Å². The molecule has 10 nitrogen and oxygen atoms in total. The van der Waals surface area contributed by atoms with E-state index in [-0.39, 0.29) is 46.6 Å². The zero-order valence-electron chi connectivity index (χ0n) is 24.4. The molecule has 1 unspecified atom stereocenters. The van der Waals surface area contributed by atoms with E-state index in [0.717, 1.165) is 25.0 Å². The molecular formula is C32H31F2N5O5. The highest BCUT2D eigenvalue weighted by atomic mass is 19.2. The number of hydrogen-bond donors (Lipinski definition) is 2. The molecule has 0 saturated heterocycles. The first-order valence-electron chi connectivity index (χ1n) is 14.4. The fraction of sp³-hybridized carbons (Fsp3) is 0.344. The minimum atomic E-state index is -1.36. The van der Waals surface area contributed by atoms with Gasteiger partial charge < -0.3 is 20.5 Å². The first-order valence-corrected chi connectivity index (χ1v) is 14.4. The van der Waals surface area contributed by atoms with Crippen LogP contribution < -0.4 is 15.4 Å². The van der Waals surface area contributed by atoms with Crippen molar-refractivity contribution < 1.29 is 33.0 Å². The molecular weight excluding hydrogens is 572 g/mol. The Morgan fingerprint density at radius 2 is 1.89 bits per heavy atom. The average Bonchev–Trinajstić information content (AvgIpc) is 3.73. The summed E-state index contributed by atoms with van der Waals surface area (Å²) in [6, 6.07) is 6.21. The number of primary amides is 1. The number of anilines is 1. The van der Waals surface area contributed by atoms with Crippen molar-refractivity contribution in [2.45, 2.75) is 52.6 Å². The second kappa shape index (κ2) is 11.0. The summed E-state index contributed by atoms with van der Waals surface area (Å²) >= 11 is 0. The maximum atomic E-state index is 14.0. The number of carbonyl (C=O) groups excluding carboxylic acids is 2. The van der Waals surface area contributed by atoms with E-state index in [2.05, 4.69) is 12.0 Å². The zero-order chi connectivity index (χ0) is 31.4. The Morgan fingerprint density at radius 1 is 1.14 bits per heavy atom. The van der Waals surface area contributed by atoms with Crippen molar-refractivity contribution in [3.63, 3.8) is 0 Å². The van der Waals surface area contributed by atoms with Gasteiger partial charge >= 0.3 is 5.97 Å². The molecule has 0 radical (unpaired) electrons. The topological polar surface area (TPSA) is 141 Å². The van der Waals surface area contributed by atoms with Gasteiger partial charge in [0.15, 0.2) is 23.9 Å². The number of carbonyl (C=O) groups is 3. The zero-order valence-corrected chi connectivity index (χ0v) is 24.4. The van der Waals surface area contributed by atoms with Crippen molar-refractivity contribution in [2.24, 2.45) is 17.6 Å². The Kier molecular flexibility index (Phi) is 7.30. The van der Waals surface area contributed by atoms with E-state index in [1.165, 1.54) is 17.0 Å². The number of halogens is 2. The Labute approximate surface area is 251 Å². The van der Waals surface area contributed by atoms with Crippen LogP contribution in [0.5, 0.6) is 5.75 Å². The number of hydrogen-bond acceptors (Lipinski definition) is 6. The molecule has 1 atom stereocenters. The largest absolute Gasteiger partial charge is 0.482 e. The lowest BCUT2D eigenvalue weighted by Gasteiger charge is -2.31. The van der Waals surface area contributed by atoms with Gasteiger partial charge in [-0.1, -0.05) is 19.9 Å². The van der Waals surface area contributed by atoms with Gasteiger partial charge in [-0.25, -0.2) is 23.2 Å². The van der Waals surface area contributed by atoms with Gasteiger partial charge in [-0.2, -0.15) is 5.10 Å². The maximum absolute atomic E-state index is 14.0. The molecule has 1 saturated carbocycles. The molecule has 44 heavy (non-hydrogen) atoms. The number of rotatable bonds is 9. The van der Waals surface area contributed by atoms with Gasteiger partial charge in [0.25, 0.3) is 11.8 Å². The number of nitrogens with zero attached hydrogens (tertiary/aromatic N) is 4. The number of ether oxygens (including phenoxy) is 1. The minimum Gasteiger partial charge on any atom is -0.482 e. The molecule has 2 aliphatic rings. The smallest absolute Gasteiger partial charge is 0.337 e. The second-order valence-corrected chi connectivity index (χ2v) is 11.9. The normalized spacial score (nSPS) is 15.4. The predicted molar refractivity (Wildman–Crippen MR) is 157 cm³/mol.